The molecular formula is C11H11ClF2O2. The Balaban J connectivity index is 3.41. The number of ketones is 1. The Morgan fingerprint density at radius 1 is 1.50 bits per heavy atom. The zero-order chi connectivity index (χ0) is 12.3. The zero-order valence-corrected chi connectivity index (χ0v) is 9.65. The predicted molar refractivity (Wildman–Crippen MR) is 57.6 cm³/mol. The van der Waals surface area contributed by atoms with Crippen molar-refractivity contribution in [2.45, 2.75) is 20.3 Å². The molecule has 1 aromatic carbocycles. The Hall–Kier alpha value is -1.16. The largest absolute Gasteiger partial charge is 0.493 e. The summed E-state index contributed by atoms with van der Waals surface area (Å²) in [5, 5.41) is 0.128. The minimum atomic E-state index is -2.75. The lowest BCUT2D eigenvalue weighted by molar-refractivity contribution is 0.0994. The van der Waals surface area contributed by atoms with Crippen molar-refractivity contribution >= 4 is 17.4 Å². The summed E-state index contributed by atoms with van der Waals surface area (Å²) < 4.78 is 30.6. The van der Waals surface area contributed by atoms with Crippen molar-refractivity contribution in [1.29, 1.82) is 0 Å². The molecule has 0 radical (unpaired) electrons. The number of carbonyl (C=O) groups is 1. The van der Waals surface area contributed by atoms with Crippen LogP contribution in [0.1, 0.15) is 36.2 Å². The van der Waals surface area contributed by atoms with Gasteiger partial charge < -0.3 is 4.74 Å². The summed E-state index contributed by atoms with van der Waals surface area (Å²) in [7, 11) is 0. The second kappa shape index (κ2) is 5.25. The van der Waals surface area contributed by atoms with Gasteiger partial charge in [-0.3, -0.25) is 4.79 Å². The third-order valence-corrected chi connectivity index (χ3v) is 2.20. The molecule has 0 aliphatic rings. The van der Waals surface area contributed by atoms with Gasteiger partial charge in [-0.15, -0.1) is 0 Å². The van der Waals surface area contributed by atoms with Crippen LogP contribution in [0.25, 0.3) is 0 Å². The van der Waals surface area contributed by atoms with E-state index in [1.807, 2.05) is 0 Å². The third kappa shape index (κ3) is 2.70. The summed E-state index contributed by atoms with van der Waals surface area (Å²) in [5.74, 6) is -0.354. The molecule has 5 heteroatoms. The van der Waals surface area contributed by atoms with Gasteiger partial charge in [-0.25, -0.2) is 8.78 Å². The molecule has 0 atom stereocenters. The molecule has 0 aromatic heterocycles. The maximum absolute atomic E-state index is 12.7. The molecule has 2 nitrogen and oxygen atoms in total. The van der Waals surface area contributed by atoms with Gasteiger partial charge in [0.05, 0.1) is 12.2 Å². The van der Waals surface area contributed by atoms with E-state index in [1.54, 1.807) is 6.92 Å². The first-order valence-corrected chi connectivity index (χ1v) is 5.10. The zero-order valence-electron chi connectivity index (χ0n) is 8.89. The van der Waals surface area contributed by atoms with Crippen molar-refractivity contribution in [2.75, 3.05) is 6.61 Å². The fourth-order valence-electron chi connectivity index (χ4n) is 1.42. The minimum absolute atomic E-state index is 0.0961. The summed E-state index contributed by atoms with van der Waals surface area (Å²) in [6.07, 6.45) is -2.75. The van der Waals surface area contributed by atoms with Gasteiger partial charge in [0.25, 0.3) is 6.43 Å². The molecule has 88 valence electrons. The van der Waals surface area contributed by atoms with Crippen LogP contribution < -0.4 is 4.74 Å². The number of hydrogen-bond donors (Lipinski definition) is 0. The lowest BCUT2D eigenvalue weighted by atomic mass is 10.0. The first kappa shape index (κ1) is 12.9. The molecule has 1 rings (SSSR count). The van der Waals surface area contributed by atoms with E-state index in [4.69, 9.17) is 16.3 Å². The molecular weight excluding hydrogens is 238 g/mol. The standard InChI is InChI=1S/C11H11ClF2O2/c1-3-16-9-5-7(12)4-8(11(13)14)10(9)6(2)15/h4-5,11H,3H2,1-2H3. The number of Topliss-reactive ketones (excluding diaryl/α,β-unsaturated/α-hetero) is 1. The van der Waals surface area contributed by atoms with Gasteiger partial charge in [0.2, 0.25) is 0 Å². The smallest absolute Gasteiger partial charge is 0.264 e. The number of benzene rings is 1. The van der Waals surface area contributed by atoms with Crippen LogP contribution in [0.3, 0.4) is 0 Å². The Bertz CT molecular complexity index is 405. The highest BCUT2D eigenvalue weighted by atomic mass is 35.5. The van der Waals surface area contributed by atoms with Crippen LogP contribution in [0.2, 0.25) is 5.02 Å². The van der Waals surface area contributed by atoms with E-state index < -0.39 is 12.2 Å². The molecule has 16 heavy (non-hydrogen) atoms. The molecule has 0 unspecified atom stereocenters. The van der Waals surface area contributed by atoms with Crippen molar-refractivity contribution in [3.8, 4) is 5.75 Å². The SMILES string of the molecule is CCOc1cc(Cl)cc(C(F)F)c1C(C)=O. The molecule has 0 saturated heterocycles. The number of carbonyl (C=O) groups excluding carboxylic acids is 1. The van der Waals surface area contributed by atoms with Crippen LogP contribution in [-0.2, 0) is 0 Å². The van der Waals surface area contributed by atoms with Crippen LogP contribution in [0.4, 0.5) is 8.78 Å². The Kier molecular flexibility index (Phi) is 4.24. The maximum Gasteiger partial charge on any atom is 0.264 e. The van der Waals surface area contributed by atoms with Crippen LogP contribution in [0.15, 0.2) is 12.1 Å². The molecule has 0 aliphatic carbocycles. The van der Waals surface area contributed by atoms with Crippen LogP contribution in [0.5, 0.6) is 5.75 Å². The lowest BCUT2D eigenvalue weighted by Crippen LogP contribution is -2.05. The fraction of sp³-hybridized carbons (Fsp3) is 0.364. The monoisotopic (exact) mass is 248 g/mol. The van der Waals surface area contributed by atoms with Crippen molar-refractivity contribution in [2.24, 2.45) is 0 Å². The number of halogens is 3. The number of alkyl halides is 2. The van der Waals surface area contributed by atoms with Crippen molar-refractivity contribution < 1.29 is 18.3 Å². The fourth-order valence-corrected chi connectivity index (χ4v) is 1.64. The lowest BCUT2D eigenvalue weighted by Gasteiger charge is -2.13. The second-order valence-electron chi connectivity index (χ2n) is 3.16. The Morgan fingerprint density at radius 3 is 2.56 bits per heavy atom. The molecule has 0 spiro atoms. The van der Waals surface area contributed by atoms with Gasteiger partial charge in [-0.05, 0) is 26.0 Å². The van der Waals surface area contributed by atoms with Gasteiger partial charge in [0.15, 0.2) is 5.78 Å². The summed E-state index contributed by atoms with van der Waals surface area (Å²) in [4.78, 5) is 11.3. The summed E-state index contributed by atoms with van der Waals surface area (Å²) >= 11 is 5.68. The van der Waals surface area contributed by atoms with E-state index in [0.717, 1.165) is 6.07 Å². The molecule has 0 aliphatic heterocycles. The second-order valence-corrected chi connectivity index (χ2v) is 3.59. The summed E-state index contributed by atoms with van der Waals surface area (Å²) in [6.45, 7) is 3.20. The number of hydrogen-bond acceptors (Lipinski definition) is 2. The summed E-state index contributed by atoms with van der Waals surface area (Å²) in [5.41, 5.74) is -0.482. The molecule has 0 N–H and O–H groups in total. The molecule has 0 heterocycles. The van der Waals surface area contributed by atoms with E-state index in [0.29, 0.717) is 0 Å². The molecule has 0 fully saturated rings. The summed E-state index contributed by atoms with van der Waals surface area (Å²) in [6, 6.07) is 2.46. The molecule has 1 aromatic rings. The first-order valence-electron chi connectivity index (χ1n) is 4.72. The predicted octanol–water partition coefficient (Wildman–Crippen LogP) is 3.88. The molecule has 0 saturated carbocycles. The first-order chi connectivity index (χ1) is 7.47. The van der Waals surface area contributed by atoms with E-state index in [-0.39, 0.29) is 28.5 Å². The number of rotatable bonds is 4. The van der Waals surface area contributed by atoms with E-state index in [2.05, 4.69) is 0 Å². The van der Waals surface area contributed by atoms with Crippen molar-refractivity contribution in [3.63, 3.8) is 0 Å². The highest BCUT2D eigenvalue weighted by Crippen LogP contribution is 2.33. The van der Waals surface area contributed by atoms with Gasteiger partial charge in [0, 0.05) is 10.6 Å². The van der Waals surface area contributed by atoms with Gasteiger partial charge >= 0.3 is 0 Å². The molecule has 0 bridgehead atoms. The van der Waals surface area contributed by atoms with Gasteiger partial charge in [0.1, 0.15) is 5.75 Å². The molecule has 0 amide bonds. The van der Waals surface area contributed by atoms with E-state index in [1.165, 1.54) is 13.0 Å². The van der Waals surface area contributed by atoms with Gasteiger partial charge in [-0.1, -0.05) is 11.6 Å². The van der Waals surface area contributed by atoms with Crippen molar-refractivity contribution in [3.05, 3.63) is 28.3 Å². The quantitative estimate of drug-likeness (QED) is 0.756. The van der Waals surface area contributed by atoms with Gasteiger partial charge in [-0.2, -0.15) is 0 Å². The Morgan fingerprint density at radius 2 is 2.12 bits per heavy atom. The number of ether oxygens (including phenoxy) is 1. The van der Waals surface area contributed by atoms with Crippen LogP contribution >= 0.6 is 11.6 Å². The minimum Gasteiger partial charge on any atom is -0.493 e. The van der Waals surface area contributed by atoms with E-state index in [9.17, 15) is 13.6 Å². The maximum atomic E-state index is 12.7. The van der Waals surface area contributed by atoms with E-state index >= 15 is 0 Å². The van der Waals surface area contributed by atoms with Crippen molar-refractivity contribution in [1.82, 2.24) is 0 Å². The topological polar surface area (TPSA) is 26.3 Å². The average molecular weight is 249 g/mol. The normalized spacial score (nSPS) is 10.6. The highest BCUT2D eigenvalue weighted by Gasteiger charge is 2.21. The average Bonchev–Trinajstić information content (AvgIpc) is 2.16. The Labute approximate surface area is 97.2 Å². The van der Waals surface area contributed by atoms with Crippen LogP contribution in [0, 0.1) is 0 Å². The third-order valence-electron chi connectivity index (χ3n) is 1.98. The van der Waals surface area contributed by atoms with Crippen LogP contribution in [-0.4, -0.2) is 12.4 Å². The highest BCUT2D eigenvalue weighted by molar-refractivity contribution is 6.31.